The summed E-state index contributed by atoms with van der Waals surface area (Å²) in [7, 11) is 0. The van der Waals surface area contributed by atoms with Gasteiger partial charge < -0.3 is 14.9 Å². The Morgan fingerprint density at radius 1 is 1.22 bits per heavy atom. The van der Waals surface area contributed by atoms with Crippen molar-refractivity contribution in [2.24, 2.45) is 5.92 Å². The second-order valence-electron chi connectivity index (χ2n) is 9.98. The number of aromatic nitrogens is 5. The number of aliphatic hydroxyl groups is 1. The van der Waals surface area contributed by atoms with Crippen molar-refractivity contribution in [3.63, 3.8) is 0 Å². The van der Waals surface area contributed by atoms with E-state index in [1.807, 2.05) is 48.0 Å². The summed E-state index contributed by atoms with van der Waals surface area (Å²) in [6.07, 6.45) is 5.80. The fourth-order valence-electron chi connectivity index (χ4n) is 5.60. The van der Waals surface area contributed by atoms with Crippen molar-refractivity contribution in [2.45, 2.75) is 45.3 Å². The van der Waals surface area contributed by atoms with Crippen molar-refractivity contribution in [1.82, 2.24) is 29.7 Å². The van der Waals surface area contributed by atoms with E-state index in [-0.39, 0.29) is 11.9 Å². The molecule has 36 heavy (non-hydrogen) atoms. The fraction of sp³-hybridized carbons (Fsp3) is 0.423. The molecule has 6 rings (SSSR count). The molecule has 0 unspecified atom stereocenters. The average molecular weight is 485 g/mol. The summed E-state index contributed by atoms with van der Waals surface area (Å²) in [5.74, 6) is 0.310. The topological polar surface area (TPSA) is 126 Å². The first-order valence-corrected chi connectivity index (χ1v) is 12.4. The van der Waals surface area contributed by atoms with Gasteiger partial charge in [0.25, 0.3) is 5.91 Å². The third-order valence-corrected chi connectivity index (χ3v) is 7.41. The summed E-state index contributed by atoms with van der Waals surface area (Å²) < 4.78 is 1.76. The molecule has 2 aliphatic heterocycles. The number of β-amino-alcohol motifs (C(OH)–C–C–N with tert-alkyl or cyclic N) is 1. The Labute approximate surface area is 208 Å². The summed E-state index contributed by atoms with van der Waals surface area (Å²) in [5.41, 5.74) is 4.83. The summed E-state index contributed by atoms with van der Waals surface area (Å²) in [6.45, 7) is 5.44. The van der Waals surface area contributed by atoms with E-state index in [1.54, 1.807) is 10.7 Å². The highest BCUT2D eigenvalue weighted by Crippen LogP contribution is 2.34. The number of rotatable bonds is 3. The van der Waals surface area contributed by atoms with Crippen LogP contribution in [0.15, 0.2) is 30.6 Å². The second kappa shape index (κ2) is 8.60. The molecule has 2 aliphatic rings. The molecule has 10 heteroatoms. The van der Waals surface area contributed by atoms with Crippen LogP contribution < -0.4 is 4.90 Å². The molecule has 1 amide bonds. The Balaban J connectivity index is 1.34. The Hall–Kier alpha value is -3.97. The number of amides is 1. The van der Waals surface area contributed by atoms with E-state index in [9.17, 15) is 15.2 Å². The SMILES string of the molecule is Cc1cc(C(=O)N2CCCC[C@H]2c2cc3nc(N4C[C@@H](C#N)[C@@H](O)C4)c(C)cn3n2)c2[nH]ncc2c1. The minimum Gasteiger partial charge on any atom is -0.390 e. The van der Waals surface area contributed by atoms with Crippen molar-refractivity contribution in [1.29, 1.82) is 5.26 Å². The zero-order valence-corrected chi connectivity index (χ0v) is 20.3. The molecule has 184 valence electrons. The third kappa shape index (κ3) is 3.67. The van der Waals surface area contributed by atoms with E-state index in [0.717, 1.165) is 52.8 Å². The Kier molecular flexibility index (Phi) is 5.38. The van der Waals surface area contributed by atoms with Crippen LogP contribution in [-0.2, 0) is 0 Å². The molecule has 0 saturated carbocycles. The van der Waals surface area contributed by atoms with E-state index in [1.165, 1.54) is 0 Å². The number of nitriles is 1. The summed E-state index contributed by atoms with van der Waals surface area (Å²) in [5, 5.41) is 32.4. The molecule has 10 nitrogen and oxygen atoms in total. The van der Waals surface area contributed by atoms with E-state index < -0.39 is 12.0 Å². The van der Waals surface area contributed by atoms with Crippen molar-refractivity contribution in [3.8, 4) is 6.07 Å². The highest BCUT2D eigenvalue weighted by atomic mass is 16.3. The van der Waals surface area contributed by atoms with Crippen molar-refractivity contribution >= 4 is 28.3 Å². The van der Waals surface area contributed by atoms with Crippen LogP contribution in [0.1, 0.15) is 52.5 Å². The Morgan fingerprint density at radius 3 is 2.89 bits per heavy atom. The Bertz CT molecular complexity index is 1520. The molecule has 0 radical (unpaired) electrons. The maximum atomic E-state index is 13.8. The van der Waals surface area contributed by atoms with Gasteiger partial charge in [0.15, 0.2) is 5.65 Å². The molecule has 2 fully saturated rings. The summed E-state index contributed by atoms with van der Waals surface area (Å²) >= 11 is 0. The molecule has 2 N–H and O–H groups in total. The number of aliphatic hydroxyl groups excluding tert-OH is 1. The zero-order valence-electron chi connectivity index (χ0n) is 20.3. The number of likely N-dealkylation sites (tertiary alicyclic amines) is 1. The number of fused-ring (bicyclic) bond motifs is 2. The number of aromatic amines is 1. The van der Waals surface area contributed by atoms with Crippen LogP contribution in [0.2, 0.25) is 0 Å². The van der Waals surface area contributed by atoms with Gasteiger partial charge in [-0.3, -0.25) is 9.89 Å². The quantitative estimate of drug-likeness (QED) is 0.458. The van der Waals surface area contributed by atoms with Crippen LogP contribution in [0, 0.1) is 31.1 Å². The average Bonchev–Trinajstić information content (AvgIpc) is 3.60. The van der Waals surface area contributed by atoms with E-state index in [4.69, 9.17) is 10.1 Å². The lowest BCUT2D eigenvalue weighted by atomic mass is 9.97. The predicted molar refractivity (Wildman–Crippen MR) is 134 cm³/mol. The number of nitrogens with zero attached hydrogens (tertiary/aromatic N) is 7. The first-order valence-electron chi connectivity index (χ1n) is 12.4. The molecule has 4 aromatic rings. The van der Waals surface area contributed by atoms with E-state index >= 15 is 0 Å². The lowest BCUT2D eigenvalue weighted by Gasteiger charge is -2.35. The first kappa shape index (κ1) is 22.5. The van der Waals surface area contributed by atoms with Gasteiger partial charge in [-0.05, 0) is 50.8 Å². The largest absolute Gasteiger partial charge is 0.390 e. The van der Waals surface area contributed by atoms with Gasteiger partial charge in [0, 0.05) is 42.8 Å². The van der Waals surface area contributed by atoms with Gasteiger partial charge in [-0.15, -0.1) is 0 Å². The van der Waals surface area contributed by atoms with Gasteiger partial charge in [0.2, 0.25) is 0 Å². The second-order valence-corrected chi connectivity index (χ2v) is 9.98. The molecule has 0 aliphatic carbocycles. The van der Waals surface area contributed by atoms with Gasteiger partial charge in [0.05, 0.1) is 47.1 Å². The van der Waals surface area contributed by atoms with Crippen LogP contribution in [0.4, 0.5) is 5.82 Å². The molecular formula is C26H28N8O2. The van der Waals surface area contributed by atoms with Crippen molar-refractivity contribution < 1.29 is 9.90 Å². The van der Waals surface area contributed by atoms with Gasteiger partial charge in [-0.25, -0.2) is 9.50 Å². The van der Waals surface area contributed by atoms with Crippen LogP contribution in [-0.4, -0.2) is 66.4 Å². The highest BCUT2D eigenvalue weighted by Gasteiger charge is 2.34. The summed E-state index contributed by atoms with van der Waals surface area (Å²) in [6, 6.07) is 7.93. The third-order valence-electron chi connectivity index (χ3n) is 7.41. The maximum Gasteiger partial charge on any atom is 0.256 e. The number of carbonyl (C=O) groups is 1. The lowest BCUT2D eigenvalue weighted by molar-refractivity contribution is 0.0607. The first-order chi connectivity index (χ1) is 17.4. The van der Waals surface area contributed by atoms with E-state index in [0.29, 0.717) is 30.8 Å². The fourth-order valence-corrected chi connectivity index (χ4v) is 5.60. The van der Waals surface area contributed by atoms with Crippen LogP contribution in [0.5, 0.6) is 0 Å². The number of aryl methyl sites for hydroxylation is 2. The molecule has 2 saturated heterocycles. The van der Waals surface area contributed by atoms with Crippen LogP contribution in [0.3, 0.4) is 0 Å². The number of benzene rings is 1. The minimum absolute atomic E-state index is 0.0202. The number of hydrogen-bond acceptors (Lipinski definition) is 7. The predicted octanol–water partition coefficient (Wildman–Crippen LogP) is 2.91. The number of nitrogens with one attached hydrogen (secondary N) is 1. The molecule has 3 atom stereocenters. The van der Waals surface area contributed by atoms with Gasteiger partial charge >= 0.3 is 0 Å². The van der Waals surface area contributed by atoms with Gasteiger partial charge in [0.1, 0.15) is 5.82 Å². The van der Waals surface area contributed by atoms with Gasteiger partial charge in [-0.2, -0.15) is 15.5 Å². The van der Waals surface area contributed by atoms with Crippen LogP contribution in [0.25, 0.3) is 16.6 Å². The van der Waals surface area contributed by atoms with Crippen LogP contribution >= 0.6 is 0 Å². The number of anilines is 1. The molecule has 0 bridgehead atoms. The molecule has 3 aromatic heterocycles. The van der Waals surface area contributed by atoms with Crippen molar-refractivity contribution in [2.75, 3.05) is 24.5 Å². The van der Waals surface area contributed by atoms with E-state index in [2.05, 4.69) is 16.3 Å². The van der Waals surface area contributed by atoms with Crippen molar-refractivity contribution in [3.05, 3.63) is 53.0 Å². The highest BCUT2D eigenvalue weighted by molar-refractivity contribution is 6.05. The number of carbonyl (C=O) groups excluding carboxylic acids is 1. The standard InChI is InChI=1S/C26H28N8O2/c1-15-7-17-11-28-30-24(17)19(8-15)26(36)33-6-4-3-5-21(33)20-9-23-29-25(16(2)12-34(23)31-20)32-13-18(10-27)22(35)14-32/h7-9,11-12,18,21-22,35H,3-6,13-14H2,1-2H3,(H,28,30)/t18-,21+,22+/m1/s1. The maximum absolute atomic E-state index is 13.8. The monoisotopic (exact) mass is 484 g/mol. The molecule has 1 aromatic carbocycles. The number of piperidine rings is 1. The molecular weight excluding hydrogens is 456 g/mol. The van der Waals surface area contributed by atoms with Gasteiger partial charge in [-0.1, -0.05) is 0 Å². The summed E-state index contributed by atoms with van der Waals surface area (Å²) in [4.78, 5) is 22.5. The normalized spacial score (nSPS) is 22.4. The molecule has 0 spiro atoms. The molecule has 5 heterocycles. The smallest absolute Gasteiger partial charge is 0.256 e. The lowest BCUT2D eigenvalue weighted by Crippen LogP contribution is -2.38. The minimum atomic E-state index is -0.683. The number of hydrogen-bond donors (Lipinski definition) is 2. The zero-order chi connectivity index (χ0) is 25.0. The Morgan fingerprint density at radius 2 is 2.08 bits per heavy atom. The number of H-pyrrole nitrogens is 1.